The molecule has 0 radical (unpaired) electrons. The first-order valence-electron chi connectivity index (χ1n) is 10.3. The van der Waals surface area contributed by atoms with Gasteiger partial charge in [-0.15, -0.1) is 10.2 Å². The predicted molar refractivity (Wildman–Crippen MR) is 117 cm³/mol. The fourth-order valence-electron chi connectivity index (χ4n) is 3.70. The predicted octanol–water partition coefficient (Wildman–Crippen LogP) is 4.34. The van der Waals surface area contributed by atoms with Gasteiger partial charge in [-0.05, 0) is 68.3 Å². The lowest BCUT2D eigenvalue weighted by atomic mass is 9.95. The van der Waals surface area contributed by atoms with Gasteiger partial charge >= 0.3 is 0 Å². The minimum absolute atomic E-state index is 0.0295. The summed E-state index contributed by atoms with van der Waals surface area (Å²) in [5, 5.41) is 11.5. The summed E-state index contributed by atoms with van der Waals surface area (Å²) >= 11 is 0. The summed E-state index contributed by atoms with van der Waals surface area (Å²) in [6.45, 7) is 2.91. The molecule has 0 spiro atoms. The minimum Gasteiger partial charge on any atom is -0.355 e. The molecule has 4 rings (SSSR count). The molecule has 1 N–H and O–H groups in total. The van der Waals surface area contributed by atoms with Crippen LogP contribution >= 0.6 is 0 Å². The van der Waals surface area contributed by atoms with Crippen molar-refractivity contribution in [2.24, 2.45) is 5.92 Å². The molecule has 31 heavy (non-hydrogen) atoms. The van der Waals surface area contributed by atoms with Crippen LogP contribution < -0.4 is 10.2 Å². The Morgan fingerprint density at radius 1 is 1.00 bits per heavy atom. The Labute approximate surface area is 180 Å². The lowest BCUT2D eigenvalue weighted by Crippen LogP contribution is -2.38. The van der Waals surface area contributed by atoms with E-state index >= 15 is 0 Å². The molecule has 1 aliphatic heterocycles. The topological polar surface area (TPSA) is 75.2 Å². The normalized spacial score (nSPS) is 14.3. The van der Waals surface area contributed by atoms with Gasteiger partial charge in [0, 0.05) is 35.8 Å². The summed E-state index contributed by atoms with van der Waals surface area (Å²) in [5.41, 5.74) is 2.72. The van der Waals surface area contributed by atoms with Gasteiger partial charge in [0.25, 0.3) is 0 Å². The summed E-state index contributed by atoms with van der Waals surface area (Å²) in [4.78, 5) is 26.3. The molecule has 1 aromatic heterocycles. The first-order valence-corrected chi connectivity index (χ1v) is 10.3. The lowest BCUT2D eigenvalue weighted by molar-refractivity contribution is -0.120. The van der Waals surface area contributed by atoms with Crippen molar-refractivity contribution in [2.75, 3.05) is 23.3 Å². The average molecular weight is 418 g/mol. The summed E-state index contributed by atoms with van der Waals surface area (Å²) in [6.07, 6.45) is 1.42. The second-order valence-electron chi connectivity index (χ2n) is 7.67. The van der Waals surface area contributed by atoms with E-state index in [1.165, 1.54) is 19.1 Å². The molecule has 0 bridgehead atoms. The van der Waals surface area contributed by atoms with Gasteiger partial charge in [0.05, 0.1) is 5.69 Å². The number of Topliss-reactive ketones (excluding diaryl/α,β-unsaturated/α-hetero) is 1. The third-order valence-electron chi connectivity index (χ3n) is 5.52. The molecular formula is C24H23FN4O2. The zero-order chi connectivity index (χ0) is 21.8. The second kappa shape index (κ2) is 9.04. The Hall–Kier alpha value is -3.61. The fourth-order valence-corrected chi connectivity index (χ4v) is 3.70. The molecule has 1 fully saturated rings. The number of nitrogens with zero attached hydrogens (tertiary/aromatic N) is 3. The summed E-state index contributed by atoms with van der Waals surface area (Å²) in [5.74, 6) is 0.323. The third kappa shape index (κ3) is 4.94. The molecule has 0 unspecified atom stereocenters. The first kappa shape index (κ1) is 20.7. The molecule has 158 valence electrons. The molecule has 2 aromatic carbocycles. The van der Waals surface area contributed by atoms with Gasteiger partial charge in [-0.2, -0.15) is 0 Å². The van der Waals surface area contributed by atoms with Crippen LogP contribution in [0.3, 0.4) is 0 Å². The van der Waals surface area contributed by atoms with Crippen molar-refractivity contribution < 1.29 is 14.0 Å². The minimum atomic E-state index is -0.285. The Balaban J connectivity index is 1.34. The number of rotatable bonds is 5. The van der Waals surface area contributed by atoms with Crippen molar-refractivity contribution >= 4 is 23.2 Å². The maximum atomic E-state index is 13.1. The zero-order valence-electron chi connectivity index (χ0n) is 17.2. The first-order chi connectivity index (χ1) is 15.0. The quantitative estimate of drug-likeness (QED) is 0.624. The molecule has 1 saturated heterocycles. The van der Waals surface area contributed by atoms with E-state index < -0.39 is 0 Å². The van der Waals surface area contributed by atoms with Crippen molar-refractivity contribution in [3.63, 3.8) is 0 Å². The number of amides is 1. The number of benzene rings is 2. The molecule has 7 heteroatoms. The van der Waals surface area contributed by atoms with Gasteiger partial charge in [-0.25, -0.2) is 4.39 Å². The lowest BCUT2D eigenvalue weighted by Gasteiger charge is -2.31. The van der Waals surface area contributed by atoms with Crippen LogP contribution in [0, 0.1) is 11.7 Å². The Morgan fingerprint density at radius 2 is 1.74 bits per heavy atom. The Kier molecular flexibility index (Phi) is 6.02. The monoisotopic (exact) mass is 418 g/mol. The molecule has 0 saturated carbocycles. The van der Waals surface area contributed by atoms with Crippen LogP contribution in [0.4, 0.5) is 15.9 Å². The highest BCUT2D eigenvalue weighted by Crippen LogP contribution is 2.25. The Morgan fingerprint density at radius 3 is 2.39 bits per heavy atom. The third-order valence-corrected chi connectivity index (χ3v) is 5.52. The van der Waals surface area contributed by atoms with E-state index in [1.54, 1.807) is 36.4 Å². The van der Waals surface area contributed by atoms with Crippen molar-refractivity contribution in [1.29, 1.82) is 0 Å². The molecular weight excluding hydrogens is 395 g/mol. The second-order valence-corrected chi connectivity index (χ2v) is 7.67. The van der Waals surface area contributed by atoms with Gasteiger partial charge in [0.15, 0.2) is 11.6 Å². The van der Waals surface area contributed by atoms with Gasteiger partial charge in [-0.3, -0.25) is 9.59 Å². The maximum absolute atomic E-state index is 13.1. The molecule has 2 heterocycles. The number of ketones is 1. The highest BCUT2D eigenvalue weighted by atomic mass is 19.1. The zero-order valence-corrected chi connectivity index (χ0v) is 17.2. The standard InChI is InChI=1S/C24H23FN4O2/c1-16(30)19-3-2-4-21(15-19)26-24(31)18-11-13-29(14-12-18)23-10-9-22(27-28-23)17-5-7-20(25)8-6-17/h2-10,15,18H,11-14H2,1H3,(H,26,31). The van der Waals surface area contributed by atoms with Crippen LogP contribution in [0.1, 0.15) is 30.1 Å². The highest BCUT2D eigenvalue weighted by molar-refractivity contribution is 5.97. The smallest absolute Gasteiger partial charge is 0.227 e. The number of nitrogens with one attached hydrogen (secondary N) is 1. The number of halogens is 1. The van der Waals surface area contributed by atoms with Crippen molar-refractivity contribution in [1.82, 2.24) is 10.2 Å². The molecule has 0 aliphatic carbocycles. The van der Waals surface area contributed by atoms with Gasteiger partial charge in [0.1, 0.15) is 5.82 Å². The van der Waals surface area contributed by atoms with E-state index in [1.807, 2.05) is 12.1 Å². The van der Waals surface area contributed by atoms with E-state index in [0.29, 0.717) is 42.9 Å². The number of aromatic nitrogens is 2. The molecule has 1 aliphatic rings. The van der Waals surface area contributed by atoms with Crippen LogP contribution in [0.2, 0.25) is 0 Å². The van der Waals surface area contributed by atoms with Gasteiger partial charge < -0.3 is 10.2 Å². The Bertz CT molecular complexity index is 1080. The molecule has 1 amide bonds. The van der Waals surface area contributed by atoms with Crippen LogP contribution in [-0.2, 0) is 4.79 Å². The molecule has 6 nitrogen and oxygen atoms in total. The number of piperidine rings is 1. The van der Waals surface area contributed by atoms with E-state index in [2.05, 4.69) is 20.4 Å². The summed E-state index contributed by atoms with van der Waals surface area (Å²) in [7, 11) is 0. The maximum Gasteiger partial charge on any atom is 0.227 e. The largest absolute Gasteiger partial charge is 0.355 e. The van der Waals surface area contributed by atoms with E-state index in [-0.39, 0.29) is 23.4 Å². The fraction of sp³-hybridized carbons (Fsp3) is 0.250. The van der Waals surface area contributed by atoms with Crippen LogP contribution in [0.15, 0.2) is 60.7 Å². The van der Waals surface area contributed by atoms with E-state index in [0.717, 1.165) is 11.4 Å². The molecule has 0 atom stereocenters. The van der Waals surface area contributed by atoms with E-state index in [9.17, 15) is 14.0 Å². The average Bonchev–Trinajstić information content (AvgIpc) is 2.80. The van der Waals surface area contributed by atoms with Crippen LogP contribution in [-0.4, -0.2) is 35.0 Å². The number of carbonyl (C=O) groups is 2. The number of anilines is 2. The van der Waals surface area contributed by atoms with Gasteiger partial charge in [-0.1, -0.05) is 12.1 Å². The summed E-state index contributed by atoms with van der Waals surface area (Å²) < 4.78 is 13.1. The number of carbonyl (C=O) groups excluding carboxylic acids is 2. The van der Waals surface area contributed by atoms with Crippen LogP contribution in [0.5, 0.6) is 0 Å². The number of hydrogen-bond donors (Lipinski definition) is 1. The van der Waals surface area contributed by atoms with Gasteiger partial charge in [0.2, 0.25) is 5.91 Å². The van der Waals surface area contributed by atoms with Crippen molar-refractivity contribution in [3.8, 4) is 11.3 Å². The van der Waals surface area contributed by atoms with Crippen LogP contribution in [0.25, 0.3) is 11.3 Å². The van der Waals surface area contributed by atoms with E-state index in [4.69, 9.17) is 0 Å². The van der Waals surface area contributed by atoms with Crippen molar-refractivity contribution in [3.05, 3.63) is 72.0 Å². The van der Waals surface area contributed by atoms with Crippen molar-refractivity contribution in [2.45, 2.75) is 19.8 Å². The highest BCUT2D eigenvalue weighted by Gasteiger charge is 2.26. The molecule has 3 aromatic rings. The number of hydrogen-bond acceptors (Lipinski definition) is 5. The SMILES string of the molecule is CC(=O)c1cccc(NC(=O)C2CCN(c3ccc(-c4ccc(F)cc4)nn3)CC2)c1. The summed E-state index contributed by atoms with van der Waals surface area (Å²) in [6, 6.07) is 16.9.